The lowest BCUT2D eigenvalue weighted by Gasteiger charge is -2.16. The minimum Gasteiger partial charge on any atom is -0.346 e. The van der Waals surface area contributed by atoms with Crippen molar-refractivity contribution in [3.63, 3.8) is 0 Å². The highest BCUT2D eigenvalue weighted by molar-refractivity contribution is 7.99. The molecule has 0 aliphatic rings. The van der Waals surface area contributed by atoms with Crippen molar-refractivity contribution in [1.29, 1.82) is 0 Å². The maximum absolute atomic E-state index is 12.5. The van der Waals surface area contributed by atoms with Gasteiger partial charge >= 0.3 is 0 Å². The monoisotopic (exact) mass is 408 g/mol. The van der Waals surface area contributed by atoms with Crippen LogP contribution in [-0.2, 0) is 11.8 Å². The molecule has 0 saturated carbocycles. The van der Waals surface area contributed by atoms with Crippen molar-refractivity contribution < 1.29 is 9.59 Å². The van der Waals surface area contributed by atoms with Crippen LogP contribution < -0.4 is 10.6 Å². The molecule has 0 radical (unpaired) electrons. The summed E-state index contributed by atoms with van der Waals surface area (Å²) in [5.41, 5.74) is 3.43. The molecule has 1 atom stereocenters. The molecule has 6 nitrogen and oxygen atoms in total. The Labute approximate surface area is 174 Å². The first kappa shape index (κ1) is 20.7. The maximum atomic E-state index is 12.5. The number of carbonyl (C=O) groups is 2. The van der Waals surface area contributed by atoms with Crippen LogP contribution in [-0.4, -0.2) is 27.1 Å². The van der Waals surface area contributed by atoms with Crippen LogP contribution in [0.2, 0.25) is 0 Å². The van der Waals surface area contributed by atoms with Gasteiger partial charge in [0, 0.05) is 30.7 Å². The molecule has 29 heavy (non-hydrogen) atoms. The second kappa shape index (κ2) is 9.43. The molecular formula is C22H24N4O2S. The van der Waals surface area contributed by atoms with Gasteiger partial charge in [0.15, 0.2) is 5.16 Å². The summed E-state index contributed by atoms with van der Waals surface area (Å²) in [4.78, 5) is 28.8. The first-order valence-electron chi connectivity index (χ1n) is 9.30. The SMILES string of the molecule is Cc1ccccc1C(C)NC(=O)c1ccc(NC(=O)CSc2nccn2C)cc1. The van der Waals surface area contributed by atoms with Gasteiger partial charge in [0.2, 0.25) is 5.91 Å². The first-order chi connectivity index (χ1) is 13.9. The van der Waals surface area contributed by atoms with E-state index in [9.17, 15) is 9.59 Å². The van der Waals surface area contributed by atoms with Crippen molar-refractivity contribution in [3.05, 3.63) is 77.6 Å². The molecule has 0 fully saturated rings. The minimum atomic E-state index is -0.149. The second-order valence-electron chi connectivity index (χ2n) is 6.79. The topological polar surface area (TPSA) is 76.0 Å². The van der Waals surface area contributed by atoms with E-state index in [0.717, 1.165) is 16.3 Å². The highest BCUT2D eigenvalue weighted by atomic mass is 32.2. The average Bonchev–Trinajstić information content (AvgIpc) is 3.12. The van der Waals surface area contributed by atoms with Crippen LogP contribution in [0.4, 0.5) is 5.69 Å². The van der Waals surface area contributed by atoms with Gasteiger partial charge in [-0.25, -0.2) is 4.98 Å². The number of rotatable bonds is 7. The van der Waals surface area contributed by atoms with E-state index < -0.39 is 0 Å². The quantitative estimate of drug-likeness (QED) is 0.581. The van der Waals surface area contributed by atoms with E-state index in [1.165, 1.54) is 11.8 Å². The second-order valence-corrected chi connectivity index (χ2v) is 7.73. The highest BCUT2D eigenvalue weighted by Crippen LogP contribution is 2.18. The zero-order valence-corrected chi connectivity index (χ0v) is 17.5. The van der Waals surface area contributed by atoms with Gasteiger partial charge in [-0.3, -0.25) is 9.59 Å². The normalized spacial score (nSPS) is 11.7. The van der Waals surface area contributed by atoms with Crippen LogP contribution in [0.3, 0.4) is 0 Å². The van der Waals surface area contributed by atoms with Crippen molar-refractivity contribution in [2.75, 3.05) is 11.1 Å². The Morgan fingerprint density at radius 2 is 1.86 bits per heavy atom. The Kier molecular flexibility index (Phi) is 6.72. The number of amides is 2. The standard InChI is InChI=1S/C22H24N4O2S/c1-15-6-4-5-7-19(15)16(2)24-21(28)17-8-10-18(11-9-17)25-20(27)14-29-22-23-12-13-26(22)3/h4-13,16H,14H2,1-3H3,(H,24,28)(H,25,27). The largest absolute Gasteiger partial charge is 0.346 e. The Hall–Kier alpha value is -3.06. The third kappa shape index (κ3) is 5.48. The third-order valence-corrected chi connectivity index (χ3v) is 5.60. The summed E-state index contributed by atoms with van der Waals surface area (Å²) in [5, 5.41) is 6.64. The lowest BCUT2D eigenvalue weighted by molar-refractivity contribution is -0.113. The van der Waals surface area contributed by atoms with Gasteiger partial charge in [0.1, 0.15) is 0 Å². The fourth-order valence-electron chi connectivity index (χ4n) is 2.95. The van der Waals surface area contributed by atoms with E-state index in [-0.39, 0.29) is 23.6 Å². The number of aromatic nitrogens is 2. The van der Waals surface area contributed by atoms with E-state index in [2.05, 4.69) is 15.6 Å². The summed E-state index contributed by atoms with van der Waals surface area (Å²) >= 11 is 1.37. The molecule has 3 rings (SSSR count). The lowest BCUT2D eigenvalue weighted by atomic mass is 10.0. The van der Waals surface area contributed by atoms with Gasteiger partial charge in [-0.1, -0.05) is 36.0 Å². The fourth-order valence-corrected chi connectivity index (χ4v) is 3.69. The number of thioether (sulfide) groups is 1. The molecule has 0 aliphatic carbocycles. The average molecular weight is 409 g/mol. The Morgan fingerprint density at radius 3 is 2.52 bits per heavy atom. The molecule has 150 valence electrons. The van der Waals surface area contributed by atoms with E-state index in [0.29, 0.717) is 11.3 Å². The van der Waals surface area contributed by atoms with E-state index >= 15 is 0 Å². The molecule has 1 heterocycles. The number of benzene rings is 2. The molecule has 2 N–H and O–H groups in total. The number of imidazole rings is 1. The molecule has 1 aromatic heterocycles. The molecule has 0 aliphatic heterocycles. The fraction of sp³-hybridized carbons (Fsp3) is 0.227. The summed E-state index contributed by atoms with van der Waals surface area (Å²) in [6.07, 6.45) is 3.54. The molecule has 2 amide bonds. The zero-order chi connectivity index (χ0) is 20.8. The first-order valence-corrected chi connectivity index (χ1v) is 10.3. The summed E-state index contributed by atoms with van der Waals surface area (Å²) < 4.78 is 1.86. The zero-order valence-electron chi connectivity index (χ0n) is 16.7. The number of hydrogen-bond acceptors (Lipinski definition) is 4. The molecule has 0 bridgehead atoms. The van der Waals surface area contributed by atoms with Gasteiger partial charge in [0.25, 0.3) is 5.91 Å². The van der Waals surface area contributed by atoms with Crippen molar-refractivity contribution in [1.82, 2.24) is 14.9 Å². The maximum Gasteiger partial charge on any atom is 0.251 e. The van der Waals surface area contributed by atoms with Gasteiger partial charge in [-0.05, 0) is 49.2 Å². The van der Waals surface area contributed by atoms with Crippen molar-refractivity contribution in [3.8, 4) is 0 Å². The van der Waals surface area contributed by atoms with Crippen molar-refractivity contribution in [2.24, 2.45) is 7.05 Å². The summed E-state index contributed by atoms with van der Waals surface area (Å²) in [7, 11) is 1.89. The third-order valence-electron chi connectivity index (χ3n) is 4.54. The number of nitrogens with one attached hydrogen (secondary N) is 2. The number of nitrogens with zero attached hydrogens (tertiary/aromatic N) is 2. The molecule has 3 aromatic rings. The van der Waals surface area contributed by atoms with E-state index in [1.807, 2.05) is 55.9 Å². The summed E-state index contributed by atoms with van der Waals surface area (Å²) in [6.45, 7) is 4.00. The lowest BCUT2D eigenvalue weighted by Crippen LogP contribution is -2.27. The van der Waals surface area contributed by atoms with Crippen LogP contribution in [0.5, 0.6) is 0 Å². The van der Waals surface area contributed by atoms with E-state index in [1.54, 1.807) is 30.5 Å². The van der Waals surface area contributed by atoms with Gasteiger partial charge in [-0.2, -0.15) is 0 Å². The molecule has 2 aromatic carbocycles. The van der Waals surface area contributed by atoms with Crippen LogP contribution in [0, 0.1) is 6.92 Å². The predicted molar refractivity (Wildman–Crippen MR) is 116 cm³/mol. The molecule has 7 heteroatoms. The van der Waals surface area contributed by atoms with Crippen LogP contribution in [0.1, 0.15) is 34.5 Å². The number of carbonyl (C=O) groups excluding carboxylic acids is 2. The summed E-state index contributed by atoms with van der Waals surface area (Å²) in [6, 6.07) is 14.8. The Balaban J connectivity index is 1.54. The Morgan fingerprint density at radius 1 is 1.14 bits per heavy atom. The van der Waals surface area contributed by atoms with Crippen LogP contribution >= 0.6 is 11.8 Å². The molecular weight excluding hydrogens is 384 g/mol. The predicted octanol–water partition coefficient (Wildman–Crippen LogP) is 3.95. The number of hydrogen-bond donors (Lipinski definition) is 2. The van der Waals surface area contributed by atoms with Crippen LogP contribution in [0.15, 0.2) is 66.1 Å². The van der Waals surface area contributed by atoms with Gasteiger partial charge in [-0.15, -0.1) is 0 Å². The minimum absolute atomic E-state index is 0.0915. The summed E-state index contributed by atoms with van der Waals surface area (Å²) in [5.74, 6) is -0.00606. The number of anilines is 1. The van der Waals surface area contributed by atoms with Gasteiger partial charge < -0.3 is 15.2 Å². The molecule has 0 saturated heterocycles. The number of aryl methyl sites for hydroxylation is 2. The smallest absolute Gasteiger partial charge is 0.251 e. The van der Waals surface area contributed by atoms with Crippen molar-refractivity contribution >= 4 is 29.3 Å². The molecule has 0 spiro atoms. The van der Waals surface area contributed by atoms with E-state index in [4.69, 9.17) is 0 Å². The van der Waals surface area contributed by atoms with Crippen molar-refractivity contribution in [2.45, 2.75) is 25.0 Å². The highest BCUT2D eigenvalue weighted by Gasteiger charge is 2.13. The Bertz CT molecular complexity index is 998. The molecule has 1 unspecified atom stereocenters. The van der Waals surface area contributed by atoms with Crippen LogP contribution in [0.25, 0.3) is 0 Å². The van der Waals surface area contributed by atoms with Gasteiger partial charge in [0.05, 0.1) is 11.8 Å².